The lowest BCUT2D eigenvalue weighted by molar-refractivity contribution is -0.142. The number of nitrogens with zero attached hydrogens (tertiary/aromatic N) is 1. The van der Waals surface area contributed by atoms with Gasteiger partial charge in [-0.2, -0.15) is 0 Å². The number of esters is 1. The number of aromatic nitrogens is 2. The number of H-pyrrole nitrogens is 1. The lowest BCUT2D eigenvalue weighted by Crippen LogP contribution is -2.15. The summed E-state index contributed by atoms with van der Waals surface area (Å²) in [6.45, 7) is 2.12. The number of methoxy groups -OCH3 is 1. The zero-order chi connectivity index (χ0) is 19.9. The number of amides is 1. The van der Waals surface area contributed by atoms with E-state index in [0.717, 1.165) is 11.2 Å². The van der Waals surface area contributed by atoms with E-state index in [1.54, 1.807) is 6.07 Å². The van der Waals surface area contributed by atoms with Gasteiger partial charge in [0, 0.05) is 5.69 Å². The Morgan fingerprint density at radius 3 is 2.64 bits per heavy atom. The fourth-order valence-electron chi connectivity index (χ4n) is 2.92. The van der Waals surface area contributed by atoms with Gasteiger partial charge in [0.05, 0.1) is 25.7 Å². The predicted molar refractivity (Wildman–Crippen MR) is 106 cm³/mol. The number of fused-ring (bicyclic) bond motifs is 1. The SMILES string of the molecule is CCC(C(=O)OC)c1nc2c(OCCC(=O)Nc3ccccc3)cccc2[nH]1. The van der Waals surface area contributed by atoms with Crippen LogP contribution in [0.5, 0.6) is 5.75 Å². The molecule has 0 radical (unpaired) electrons. The number of hydrogen-bond acceptors (Lipinski definition) is 5. The summed E-state index contributed by atoms with van der Waals surface area (Å²) in [5, 5.41) is 2.82. The number of anilines is 1. The van der Waals surface area contributed by atoms with E-state index in [1.165, 1.54) is 7.11 Å². The van der Waals surface area contributed by atoms with Gasteiger partial charge in [-0.15, -0.1) is 0 Å². The van der Waals surface area contributed by atoms with E-state index in [9.17, 15) is 9.59 Å². The highest BCUT2D eigenvalue weighted by Gasteiger charge is 2.23. The molecule has 0 bridgehead atoms. The predicted octanol–water partition coefficient (Wildman–Crippen LogP) is 3.64. The van der Waals surface area contributed by atoms with Gasteiger partial charge in [0.2, 0.25) is 5.91 Å². The first kappa shape index (κ1) is 19.4. The Labute approximate surface area is 163 Å². The molecule has 1 aromatic heterocycles. The molecule has 0 aliphatic heterocycles. The largest absolute Gasteiger partial charge is 0.491 e. The third-order valence-electron chi connectivity index (χ3n) is 4.36. The standard InChI is InChI=1S/C21H23N3O4/c1-3-15(21(26)27-2)20-23-16-10-7-11-17(19(16)24-20)28-13-12-18(25)22-14-8-5-4-6-9-14/h4-11,15H,3,12-13H2,1-2H3,(H,22,25)(H,23,24). The zero-order valence-corrected chi connectivity index (χ0v) is 15.9. The van der Waals surface area contributed by atoms with E-state index < -0.39 is 5.92 Å². The van der Waals surface area contributed by atoms with Gasteiger partial charge >= 0.3 is 5.97 Å². The van der Waals surface area contributed by atoms with Crippen LogP contribution in [0.4, 0.5) is 5.69 Å². The first-order valence-electron chi connectivity index (χ1n) is 9.16. The highest BCUT2D eigenvalue weighted by atomic mass is 16.5. The minimum absolute atomic E-state index is 0.127. The van der Waals surface area contributed by atoms with Crippen LogP contribution in [0, 0.1) is 0 Å². The second kappa shape index (κ2) is 9.03. The summed E-state index contributed by atoms with van der Waals surface area (Å²) in [6, 6.07) is 14.8. The second-order valence-electron chi connectivity index (χ2n) is 6.27. The Balaban J connectivity index is 1.66. The van der Waals surface area contributed by atoms with E-state index >= 15 is 0 Å². The summed E-state index contributed by atoms with van der Waals surface area (Å²) >= 11 is 0. The van der Waals surface area contributed by atoms with Crippen molar-refractivity contribution in [2.24, 2.45) is 0 Å². The van der Waals surface area contributed by atoms with E-state index in [2.05, 4.69) is 15.3 Å². The summed E-state index contributed by atoms with van der Waals surface area (Å²) in [5.74, 6) is 0.191. The summed E-state index contributed by atoms with van der Waals surface area (Å²) < 4.78 is 10.6. The van der Waals surface area contributed by atoms with E-state index in [-0.39, 0.29) is 24.9 Å². The fourth-order valence-corrected chi connectivity index (χ4v) is 2.92. The average molecular weight is 381 g/mol. The van der Waals surface area contributed by atoms with Crippen molar-refractivity contribution in [2.75, 3.05) is 19.0 Å². The maximum absolute atomic E-state index is 12.0. The average Bonchev–Trinajstić information content (AvgIpc) is 3.13. The number of rotatable bonds is 8. The maximum atomic E-state index is 12.0. The van der Waals surface area contributed by atoms with Crippen molar-refractivity contribution in [3.63, 3.8) is 0 Å². The van der Waals surface area contributed by atoms with Gasteiger partial charge in [-0.3, -0.25) is 9.59 Å². The topological polar surface area (TPSA) is 93.3 Å². The molecular weight excluding hydrogens is 358 g/mol. The Morgan fingerprint density at radius 2 is 1.93 bits per heavy atom. The smallest absolute Gasteiger partial charge is 0.316 e. The quantitative estimate of drug-likeness (QED) is 0.581. The van der Waals surface area contributed by atoms with E-state index in [4.69, 9.17) is 9.47 Å². The van der Waals surface area contributed by atoms with Crippen LogP contribution in [0.2, 0.25) is 0 Å². The normalized spacial score (nSPS) is 11.8. The first-order valence-corrected chi connectivity index (χ1v) is 9.16. The van der Waals surface area contributed by atoms with Gasteiger partial charge in [0.1, 0.15) is 23.0 Å². The molecule has 7 heteroatoms. The van der Waals surface area contributed by atoms with Gasteiger partial charge in [-0.25, -0.2) is 4.98 Å². The molecule has 1 amide bonds. The highest BCUT2D eigenvalue weighted by Crippen LogP contribution is 2.27. The fraction of sp³-hybridized carbons (Fsp3) is 0.286. The molecule has 0 aliphatic rings. The summed E-state index contributed by atoms with van der Waals surface area (Å²) in [4.78, 5) is 31.7. The van der Waals surface area contributed by atoms with Gasteiger partial charge in [-0.05, 0) is 30.7 Å². The lowest BCUT2D eigenvalue weighted by atomic mass is 10.1. The second-order valence-corrected chi connectivity index (χ2v) is 6.27. The molecule has 3 rings (SSSR count). The summed E-state index contributed by atoms with van der Waals surface area (Å²) in [6.07, 6.45) is 0.782. The monoisotopic (exact) mass is 381 g/mol. The molecule has 1 atom stereocenters. The number of para-hydroxylation sites is 2. The van der Waals surface area contributed by atoms with Crippen molar-refractivity contribution in [3.05, 3.63) is 54.4 Å². The van der Waals surface area contributed by atoms with Crippen molar-refractivity contribution in [1.82, 2.24) is 9.97 Å². The molecule has 0 saturated heterocycles. The number of aromatic amines is 1. The van der Waals surface area contributed by atoms with E-state index in [0.29, 0.717) is 23.5 Å². The van der Waals surface area contributed by atoms with Crippen molar-refractivity contribution in [2.45, 2.75) is 25.7 Å². The molecule has 3 aromatic rings. The van der Waals surface area contributed by atoms with Gasteiger partial charge in [0.15, 0.2) is 0 Å². The molecule has 7 nitrogen and oxygen atoms in total. The van der Waals surface area contributed by atoms with Crippen molar-refractivity contribution < 1.29 is 19.1 Å². The van der Waals surface area contributed by atoms with Crippen LogP contribution in [0.15, 0.2) is 48.5 Å². The number of benzene rings is 2. The van der Waals surface area contributed by atoms with Crippen LogP contribution in [0.3, 0.4) is 0 Å². The van der Waals surface area contributed by atoms with Crippen molar-refractivity contribution >= 4 is 28.6 Å². The van der Waals surface area contributed by atoms with Crippen molar-refractivity contribution in [1.29, 1.82) is 0 Å². The van der Waals surface area contributed by atoms with Gasteiger partial charge in [0.25, 0.3) is 0 Å². The number of carbonyl (C=O) groups is 2. The minimum Gasteiger partial charge on any atom is -0.491 e. The lowest BCUT2D eigenvalue weighted by Gasteiger charge is -2.08. The summed E-state index contributed by atoms with van der Waals surface area (Å²) in [5.41, 5.74) is 2.15. The molecule has 146 valence electrons. The number of carbonyl (C=O) groups excluding carboxylic acids is 2. The molecule has 2 aromatic carbocycles. The zero-order valence-electron chi connectivity index (χ0n) is 15.9. The minimum atomic E-state index is -0.457. The molecule has 28 heavy (non-hydrogen) atoms. The number of nitrogens with one attached hydrogen (secondary N) is 2. The molecule has 0 saturated carbocycles. The van der Waals surface area contributed by atoms with Crippen molar-refractivity contribution in [3.8, 4) is 5.75 Å². The Morgan fingerprint density at radius 1 is 1.14 bits per heavy atom. The Bertz CT molecular complexity index is 953. The van der Waals surface area contributed by atoms with Crippen LogP contribution in [0.25, 0.3) is 11.0 Å². The van der Waals surface area contributed by atoms with E-state index in [1.807, 2.05) is 49.4 Å². The van der Waals surface area contributed by atoms with Gasteiger partial charge < -0.3 is 19.8 Å². The number of imidazole rings is 1. The number of hydrogen-bond donors (Lipinski definition) is 2. The maximum Gasteiger partial charge on any atom is 0.316 e. The van der Waals surface area contributed by atoms with Crippen LogP contribution < -0.4 is 10.1 Å². The molecule has 0 aliphatic carbocycles. The molecule has 0 spiro atoms. The Hall–Kier alpha value is -3.35. The highest BCUT2D eigenvalue weighted by molar-refractivity contribution is 5.90. The molecule has 1 heterocycles. The molecule has 1 unspecified atom stereocenters. The molecular formula is C21H23N3O4. The summed E-state index contributed by atoms with van der Waals surface area (Å²) in [7, 11) is 1.36. The molecule has 2 N–H and O–H groups in total. The number of ether oxygens (including phenoxy) is 2. The third kappa shape index (κ3) is 4.49. The molecule has 0 fully saturated rings. The van der Waals surface area contributed by atoms with Crippen LogP contribution in [0.1, 0.15) is 31.5 Å². The third-order valence-corrected chi connectivity index (χ3v) is 4.36. The van der Waals surface area contributed by atoms with Crippen LogP contribution in [-0.4, -0.2) is 35.6 Å². The van der Waals surface area contributed by atoms with Crippen LogP contribution in [-0.2, 0) is 14.3 Å². The Kier molecular flexibility index (Phi) is 6.26. The first-order chi connectivity index (χ1) is 13.6. The van der Waals surface area contributed by atoms with Gasteiger partial charge in [-0.1, -0.05) is 31.2 Å². The van der Waals surface area contributed by atoms with Crippen LogP contribution >= 0.6 is 0 Å².